The smallest absolute Gasteiger partial charge is 0.227 e. The molecule has 4 nitrogen and oxygen atoms in total. The summed E-state index contributed by atoms with van der Waals surface area (Å²) in [5, 5.41) is 11.1. The summed E-state index contributed by atoms with van der Waals surface area (Å²) in [6, 6.07) is 15.2. The molecule has 0 spiro atoms. The number of para-hydroxylation sites is 2. The quantitative estimate of drug-likeness (QED) is 0.724. The third kappa shape index (κ3) is 3.43. The monoisotopic (exact) mass is 322 g/mol. The highest BCUT2D eigenvalue weighted by Crippen LogP contribution is 2.21. The van der Waals surface area contributed by atoms with E-state index in [2.05, 4.69) is 11.9 Å². The number of aromatic amines is 1. The Hall–Kier alpha value is -2.75. The fraction of sp³-hybridized carbons (Fsp3) is 0.250. The molecule has 0 aliphatic heterocycles. The molecule has 3 aromatic rings. The molecule has 0 bridgehead atoms. The van der Waals surface area contributed by atoms with Gasteiger partial charge in [-0.2, -0.15) is 0 Å². The van der Waals surface area contributed by atoms with Crippen molar-refractivity contribution in [2.24, 2.45) is 0 Å². The van der Waals surface area contributed by atoms with Gasteiger partial charge in [-0.25, -0.2) is 0 Å². The lowest BCUT2D eigenvalue weighted by Crippen LogP contribution is -2.32. The third-order valence-electron chi connectivity index (χ3n) is 4.22. The molecule has 2 aromatic carbocycles. The van der Waals surface area contributed by atoms with Crippen LogP contribution >= 0.6 is 0 Å². The first-order valence-corrected chi connectivity index (χ1v) is 8.28. The number of aromatic hydroxyl groups is 1. The van der Waals surface area contributed by atoms with Crippen molar-refractivity contribution in [1.29, 1.82) is 0 Å². The molecule has 0 unspecified atom stereocenters. The van der Waals surface area contributed by atoms with E-state index in [1.807, 2.05) is 47.5 Å². The number of fused-ring (bicyclic) bond motifs is 1. The summed E-state index contributed by atoms with van der Waals surface area (Å²) in [6.45, 7) is 3.16. The van der Waals surface area contributed by atoms with Crippen LogP contribution in [-0.2, 0) is 17.8 Å². The maximum atomic E-state index is 12.8. The molecule has 0 fully saturated rings. The fourth-order valence-corrected chi connectivity index (χ4v) is 2.96. The SMILES string of the molecule is CCCN(Cc1ccccc1O)C(=O)Cc1c[nH]c2ccccc12. The molecule has 0 radical (unpaired) electrons. The highest BCUT2D eigenvalue weighted by Gasteiger charge is 2.17. The number of phenols is 1. The average molecular weight is 322 g/mol. The molecule has 4 heteroatoms. The standard InChI is InChI=1S/C20H22N2O2/c1-2-11-22(14-15-7-3-6-10-19(15)23)20(24)12-16-13-21-18-9-5-4-8-17(16)18/h3-10,13,21,23H,2,11-12,14H2,1H3. The van der Waals surface area contributed by atoms with Crippen molar-refractivity contribution >= 4 is 16.8 Å². The van der Waals surface area contributed by atoms with Gasteiger partial charge in [0.25, 0.3) is 0 Å². The third-order valence-corrected chi connectivity index (χ3v) is 4.22. The van der Waals surface area contributed by atoms with Crippen LogP contribution in [0.1, 0.15) is 24.5 Å². The van der Waals surface area contributed by atoms with Gasteiger partial charge in [0.1, 0.15) is 5.75 Å². The van der Waals surface area contributed by atoms with E-state index in [-0.39, 0.29) is 11.7 Å². The van der Waals surface area contributed by atoms with Gasteiger partial charge in [0.15, 0.2) is 0 Å². The summed E-state index contributed by atoms with van der Waals surface area (Å²) >= 11 is 0. The van der Waals surface area contributed by atoms with E-state index in [9.17, 15) is 9.90 Å². The number of carbonyl (C=O) groups is 1. The first-order valence-electron chi connectivity index (χ1n) is 8.28. The van der Waals surface area contributed by atoms with Gasteiger partial charge in [-0.1, -0.05) is 43.3 Å². The maximum absolute atomic E-state index is 12.8. The molecule has 3 rings (SSSR count). The number of amides is 1. The van der Waals surface area contributed by atoms with Crippen LogP contribution in [0.4, 0.5) is 0 Å². The molecule has 1 aromatic heterocycles. The van der Waals surface area contributed by atoms with Crippen LogP contribution in [0, 0.1) is 0 Å². The Labute approximate surface area is 141 Å². The summed E-state index contributed by atoms with van der Waals surface area (Å²) in [4.78, 5) is 17.8. The van der Waals surface area contributed by atoms with E-state index in [1.54, 1.807) is 12.1 Å². The number of phenolic OH excluding ortho intramolecular Hbond substituents is 1. The molecule has 1 amide bonds. The van der Waals surface area contributed by atoms with Gasteiger partial charge in [-0.3, -0.25) is 4.79 Å². The summed E-state index contributed by atoms with van der Waals surface area (Å²) in [5.74, 6) is 0.309. The molecule has 0 saturated heterocycles. The Morgan fingerprint density at radius 3 is 2.62 bits per heavy atom. The zero-order valence-electron chi connectivity index (χ0n) is 13.8. The van der Waals surface area contributed by atoms with E-state index < -0.39 is 0 Å². The van der Waals surface area contributed by atoms with Crippen LogP contribution < -0.4 is 0 Å². The molecule has 24 heavy (non-hydrogen) atoms. The number of aromatic nitrogens is 1. The van der Waals surface area contributed by atoms with E-state index >= 15 is 0 Å². The predicted molar refractivity (Wildman–Crippen MR) is 95.8 cm³/mol. The Kier molecular flexibility index (Phi) is 4.85. The van der Waals surface area contributed by atoms with Crippen molar-refractivity contribution in [3.05, 3.63) is 65.9 Å². The fourth-order valence-electron chi connectivity index (χ4n) is 2.96. The van der Waals surface area contributed by atoms with Crippen molar-refractivity contribution in [2.75, 3.05) is 6.54 Å². The summed E-state index contributed by atoms with van der Waals surface area (Å²) < 4.78 is 0. The van der Waals surface area contributed by atoms with Gasteiger partial charge in [0.05, 0.1) is 6.42 Å². The van der Waals surface area contributed by atoms with Gasteiger partial charge in [0.2, 0.25) is 5.91 Å². The molecular formula is C20H22N2O2. The number of hydrogen-bond acceptors (Lipinski definition) is 2. The van der Waals surface area contributed by atoms with Crippen molar-refractivity contribution < 1.29 is 9.90 Å². The number of carbonyl (C=O) groups excluding carboxylic acids is 1. The largest absolute Gasteiger partial charge is 0.508 e. The van der Waals surface area contributed by atoms with Crippen LogP contribution in [-0.4, -0.2) is 27.4 Å². The summed E-state index contributed by atoms with van der Waals surface area (Å²) in [7, 11) is 0. The second kappa shape index (κ2) is 7.21. The number of rotatable bonds is 6. The number of nitrogens with zero attached hydrogens (tertiary/aromatic N) is 1. The minimum Gasteiger partial charge on any atom is -0.508 e. The van der Waals surface area contributed by atoms with E-state index in [0.29, 0.717) is 19.5 Å². The minimum absolute atomic E-state index is 0.0739. The maximum Gasteiger partial charge on any atom is 0.227 e. The van der Waals surface area contributed by atoms with Crippen LogP contribution in [0.3, 0.4) is 0 Å². The van der Waals surface area contributed by atoms with Crippen LogP contribution in [0.2, 0.25) is 0 Å². The van der Waals surface area contributed by atoms with Crippen LogP contribution in [0.5, 0.6) is 5.75 Å². The number of nitrogens with one attached hydrogen (secondary N) is 1. The van der Waals surface area contributed by atoms with Gasteiger partial charge in [0, 0.05) is 35.8 Å². The summed E-state index contributed by atoms with van der Waals surface area (Å²) in [5.41, 5.74) is 2.83. The normalized spacial score (nSPS) is 10.9. The second-order valence-corrected chi connectivity index (χ2v) is 5.98. The summed E-state index contributed by atoms with van der Waals surface area (Å²) in [6.07, 6.45) is 3.15. The van der Waals surface area contributed by atoms with Crippen molar-refractivity contribution in [2.45, 2.75) is 26.3 Å². The molecule has 124 valence electrons. The second-order valence-electron chi connectivity index (χ2n) is 5.98. The van der Waals surface area contributed by atoms with Crippen molar-refractivity contribution in [1.82, 2.24) is 9.88 Å². The molecular weight excluding hydrogens is 300 g/mol. The van der Waals surface area contributed by atoms with Gasteiger partial charge in [-0.15, -0.1) is 0 Å². The zero-order valence-corrected chi connectivity index (χ0v) is 13.8. The predicted octanol–water partition coefficient (Wildman–Crippen LogP) is 3.85. The van der Waals surface area contributed by atoms with E-state index in [1.165, 1.54) is 0 Å². The molecule has 2 N–H and O–H groups in total. The average Bonchev–Trinajstić information content (AvgIpc) is 2.99. The number of hydrogen-bond donors (Lipinski definition) is 2. The van der Waals surface area contributed by atoms with Gasteiger partial charge in [-0.05, 0) is 24.1 Å². The van der Waals surface area contributed by atoms with Crippen molar-refractivity contribution in [3.63, 3.8) is 0 Å². The lowest BCUT2D eigenvalue weighted by Gasteiger charge is -2.22. The van der Waals surface area contributed by atoms with Crippen molar-refractivity contribution in [3.8, 4) is 5.75 Å². The molecule has 0 saturated carbocycles. The molecule has 1 heterocycles. The highest BCUT2D eigenvalue weighted by atomic mass is 16.3. The zero-order chi connectivity index (χ0) is 16.9. The Morgan fingerprint density at radius 2 is 1.83 bits per heavy atom. The Balaban J connectivity index is 1.78. The van der Waals surface area contributed by atoms with E-state index in [0.717, 1.165) is 28.5 Å². The van der Waals surface area contributed by atoms with Gasteiger partial charge >= 0.3 is 0 Å². The van der Waals surface area contributed by atoms with Crippen LogP contribution in [0.25, 0.3) is 10.9 Å². The molecule has 0 atom stereocenters. The van der Waals surface area contributed by atoms with E-state index in [4.69, 9.17) is 0 Å². The molecule has 0 aliphatic carbocycles. The topological polar surface area (TPSA) is 56.3 Å². The number of H-pyrrole nitrogens is 1. The molecule has 0 aliphatic rings. The minimum atomic E-state index is 0.0739. The first kappa shape index (κ1) is 16.1. The number of benzene rings is 2. The van der Waals surface area contributed by atoms with Gasteiger partial charge < -0.3 is 15.0 Å². The lowest BCUT2D eigenvalue weighted by molar-refractivity contribution is -0.131. The lowest BCUT2D eigenvalue weighted by atomic mass is 10.1. The highest BCUT2D eigenvalue weighted by molar-refractivity contribution is 5.88. The Bertz CT molecular complexity index is 838. The first-order chi connectivity index (χ1) is 11.7. The Morgan fingerprint density at radius 1 is 1.08 bits per heavy atom. The van der Waals surface area contributed by atoms with Crippen LogP contribution in [0.15, 0.2) is 54.7 Å².